The van der Waals surface area contributed by atoms with E-state index in [2.05, 4.69) is 0 Å². The second kappa shape index (κ2) is 7.22. The Hall–Kier alpha value is -2.96. The van der Waals surface area contributed by atoms with E-state index in [1.807, 2.05) is 0 Å². The number of hydrogen-bond acceptors (Lipinski definition) is 6. The van der Waals surface area contributed by atoms with E-state index in [0.717, 1.165) is 18.4 Å². The van der Waals surface area contributed by atoms with Crippen molar-refractivity contribution in [2.45, 2.75) is 29.8 Å². The molecule has 2 atom stereocenters. The summed E-state index contributed by atoms with van der Waals surface area (Å²) in [6.45, 7) is 0. The highest BCUT2D eigenvalue weighted by Gasteiger charge is 2.38. The standard InChI is InChI=1S/C19H16FNO6S/c1-28(25,26)16-3-2-15(27-13-5-10(9-21)4-12(20)8-13)19-14(22)6-11(18(16)19)7-17(23)24/h2-5,8,11,14,22H,6-7H2,1H3,(H,23,24)/t11-,14?/m1/s1. The lowest BCUT2D eigenvalue weighted by molar-refractivity contribution is -0.137. The Morgan fingerprint density at radius 3 is 2.64 bits per heavy atom. The first-order valence-corrected chi connectivity index (χ1v) is 10.1. The maximum atomic E-state index is 13.7. The summed E-state index contributed by atoms with van der Waals surface area (Å²) in [7, 11) is -3.69. The number of halogens is 1. The van der Waals surface area contributed by atoms with Crippen LogP contribution >= 0.6 is 0 Å². The molecule has 3 rings (SSSR count). The number of nitriles is 1. The summed E-state index contributed by atoms with van der Waals surface area (Å²) in [6, 6.07) is 7.79. The predicted molar refractivity (Wildman–Crippen MR) is 95.3 cm³/mol. The topological polar surface area (TPSA) is 125 Å². The van der Waals surface area contributed by atoms with Crippen LogP contribution in [0.2, 0.25) is 0 Å². The number of hydrogen-bond donors (Lipinski definition) is 2. The molecule has 0 fully saturated rings. The highest BCUT2D eigenvalue weighted by molar-refractivity contribution is 7.90. The molecule has 146 valence electrons. The van der Waals surface area contributed by atoms with Crippen LogP contribution in [0.1, 0.15) is 41.6 Å². The molecular formula is C19H16FNO6S. The van der Waals surface area contributed by atoms with Gasteiger partial charge in [0, 0.05) is 17.9 Å². The molecule has 0 bridgehead atoms. The van der Waals surface area contributed by atoms with Gasteiger partial charge in [0.2, 0.25) is 0 Å². The van der Waals surface area contributed by atoms with E-state index in [-0.39, 0.29) is 45.9 Å². The number of nitrogens with zero attached hydrogens (tertiary/aromatic N) is 1. The first-order valence-electron chi connectivity index (χ1n) is 8.25. The average Bonchev–Trinajstić information content (AvgIpc) is 2.89. The van der Waals surface area contributed by atoms with Crippen LogP contribution < -0.4 is 4.74 Å². The molecule has 1 aliphatic carbocycles. The number of aliphatic hydroxyl groups is 1. The number of carbonyl (C=O) groups is 1. The Morgan fingerprint density at radius 1 is 1.32 bits per heavy atom. The quantitative estimate of drug-likeness (QED) is 0.783. The third-order valence-electron chi connectivity index (χ3n) is 4.51. The summed E-state index contributed by atoms with van der Waals surface area (Å²) in [5.41, 5.74) is 0.396. The lowest BCUT2D eigenvalue weighted by atomic mass is 9.97. The number of fused-ring (bicyclic) bond motifs is 1. The second-order valence-electron chi connectivity index (χ2n) is 6.60. The molecule has 0 saturated heterocycles. The number of aliphatic carboxylic acids is 1. The molecule has 0 aliphatic heterocycles. The molecule has 2 aromatic carbocycles. The number of carboxylic acids is 1. The Kier molecular flexibility index (Phi) is 5.10. The van der Waals surface area contributed by atoms with Crippen LogP contribution in [0.5, 0.6) is 11.5 Å². The normalized spacial score (nSPS) is 18.4. The molecule has 7 nitrogen and oxygen atoms in total. The highest BCUT2D eigenvalue weighted by Crippen LogP contribution is 2.49. The van der Waals surface area contributed by atoms with Gasteiger partial charge in [-0.2, -0.15) is 5.26 Å². The minimum Gasteiger partial charge on any atom is -0.481 e. The van der Waals surface area contributed by atoms with E-state index in [4.69, 9.17) is 15.1 Å². The summed E-state index contributed by atoms with van der Waals surface area (Å²) < 4.78 is 43.7. The van der Waals surface area contributed by atoms with E-state index in [1.165, 1.54) is 18.2 Å². The average molecular weight is 405 g/mol. The van der Waals surface area contributed by atoms with Gasteiger partial charge in [-0.05, 0) is 42.2 Å². The van der Waals surface area contributed by atoms with Crippen LogP contribution in [-0.2, 0) is 14.6 Å². The molecule has 1 unspecified atom stereocenters. The van der Waals surface area contributed by atoms with Crippen molar-refractivity contribution in [2.75, 3.05) is 6.26 Å². The minimum atomic E-state index is -3.69. The fraction of sp³-hybridized carbons (Fsp3) is 0.263. The summed E-state index contributed by atoms with van der Waals surface area (Å²) in [4.78, 5) is 11.1. The third kappa shape index (κ3) is 3.83. The lowest BCUT2D eigenvalue weighted by Crippen LogP contribution is -2.09. The Labute approximate surface area is 160 Å². The molecule has 0 aromatic heterocycles. The largest absolute Gasteiger partial charge is 0.481 e. The molecule has 9 heteroatoms. The Bertz CT molecular complexity index is 1110. The van der Waals surface area contributed by atoms with E-state index in [9.17, 15) is 22.7 Å². The number of benzene rings is 2. The smallest absolute Gasteiger partial charge is 0.303 e. The van der Waals surface area contributed by atoms with Crippen LogP contribution in [0.4, 0.5) is 4.39 Å². The van der Waals surface area contributed by atoms with Crippen LogP contribution in [0.15, 0.2) is 35.2 Å². The molecule has 2 aromatic rings. The van der Waals surface area contributed by atoms with Crippen LogP contribution in [0, 0.1) is 17.1 Å². The van der Waals surface area contributed by atoms with Crippen LogP contribution in [0.25, 0.3) is 0 Å². The molecule has 0 spiro atoms. The summed E-state index contributed by atoms with van der Waals surface area (Å²) in [5.74, 6) is -2.45. The first kappa shape index (κ1) is 19.8. The lowest BCUT2D eigenvalue weighted by Gasteiger charge is -2.17. The fourth-order valence-electron chi connectivity index (χ4n) is 3.49. The molecule has 0 saturated carbocycles. The van der Waals surface area contributed by atoms with Crippen molar-refractivity contribution in [3.8, 4) is 17.6 Å². The number of ether oxygens (including phenoxy) is 1. The molecule has 28 heavy (non-hydrogen) atoms. The van der Waals surface area contributed by atoms with Crippen molar-refractivity contribution < 1.29 is 32.6 Å². The van der Waals surface area contributed by atoms with Gasteiger partial charge in [-0.3, -0.25) is 4.79 Å². The van der Waals surface area contributed by atoms with Crippen molar-refractivity contribution in [2.24, 2.45) is 0 Å². The van der Waals surface area contributed by atoms with Crippen molar-refractivity contribution in [1.82, 2.24) is 0 Å². The molecular weight excluding hydrogens is 389 g/mol. The maximum absolute atomic E-state index is 13.7. The highest BCUT2D eigenvalue weighted by atomic mass is 32.2. The summed E-state index contributed by atoms with van der Waals surface area (Å²) in [6.07, 6.45) is -0.469. The molecule has 1 aliphatic rings. The van der Waals surface area contributed by atoms with Crippen molar-refractivity contribution in [1.29, 1.82) is 5.26 Å². The monoisotopic (exact) mass is 405 g/mol. The number of rotatable bonds is 5. The van der Waals surface area contributed by atoms with Gasteiger partial charge in [0.1, 0.15) is 17.3 Å². The van der Waals surface area contributed by atoms with Gasteiger partial charge >= 0.3 is 5.97 Å². The third-order valence-corrected chi connectivity index (χ3v) is 5.66. The molecule has 2 N–H and O–H groups in total. The van der Waals surface area contributed by atoms with Gasteiger partial charge in [-0.1, -0.05) is 0 Å². The maximum Gasteiger partial charge on any atom is 0.303 e. The minimum absolute atomic E-state index is 0.000241. The van der Waals surface area contributed by atoms with Gasteiger partial charge < -0.3 is 14.9 Å². The fourth-order valence-corrected chi connectivity index (χ4v) is 4.48. The number of carboxylic acid groups (broad SMARTS) is 1. The zero-order chi connectivity index (χ0) is 20.6. The number of sulfone groups is 1. The van der Waals surface area contributed by atoms with E-state index < -0.39 is 33.6 Å². The Morgan fingerprint density at radius 2 is 2.04 bits per heavy atom. The Balaban J connectivity index is 2.15. The van der Waals surface area contributed by atoms with E-state index in [0.29, 0.717) is 0 Å². The van der Waals surface area contributed by atoms with Gasteiger partial charge in [-0.15, -0.1) is 0 Å². The molecule has 0 heterocycles. The van der Waals surface area contributed by atoms with Gasteiger partial charge in [0.15, 0.2) is 9.84 Å². The van der Waals surface area contributed by atoms with Crippen molar-refractivity contribution in [3.63, 3.8) is 0 Å². The van der Waals surface area contributed by atoms with Crippen molar-refractivity contribution in [3.05, 3.63) is 52.8 Å². The van der Waals surface area contributed by atoms with Gasteiger partial charge in [0.25, 0.3) is 0 Å². The van der Waals surface area contributed by atoms with Crippen LogP contribution in [0.3, 0.4) is 0 Å². The zero-order valence-corrected chi connectivity index (χ0v) is 15.5. The van der Waals surface area contributed by atoms with E-state index >= 15 is 0 Å². The summed E-state index contributed by atoms with van der Waals surface area (Å²) >= 11 is 0. The molecule has 0 radical (unpaired) electrons. The van der Waals surface area contributed by atoms with Gasteiger partial charge in [-0.25, -0.2) is 12.8 Å². The van der Waals surface area contributed by atoms with Crippen LogP contribution in [-0.4, -0.2) is 30.9 Å². The second-order valence-corrected chi connectivity index (χ2v) is 8.58. The SMILES string of the molecule is CS(=O)(=O)c1ccc(Oc2cc(F)cc(C#N)c2)c2c1[C@@H](CC(=O)O)CC2O. The van der Waals surface area contributed by atoms with E-state index in [1.54, 1.807) is 6.07 Å². The number of aliphatic hydroxyl groups excluding tert-OH is 1. The first-order chi connectivity index (χ1) is 13.1. The predicted octanol–water partition coefficient (Wildman–Crippen LogP) is 2.89. The zero-order valence-electron chi connectivity index (χ0n) is 14.7. The van der Waals surface area contributed by atoms with Gasteiger partial charge in [0.05, 0.1) is 29.1 Å². The van der Waals surface area contributed by atoms with Crippen molar-refractivity contribution >= 4 is 15.8 Å². The molecule has 0 amide bonds. The summed E-state index contributed by atoms with van der Waals surface area (Å²) in [5, 5.41) is 28.6.